The van der Waals surface area contributed by atoms with Crippen molar-refractivity contribution in [2.45, 2.75) is 102 Å². The van der Waals surface area contributed by atoms with E-state index < -0.39 is 54.1 Å². The maximum Gasteiger partial charge on any atom is 0.405 e. The first-order valence-electron chi connectivity index (χ1n) is 18.3. The van der Waals surface area contributed by atoms with Crippen LogP contribution in [0.5, 0.6) is 0 Å². The molecule has 0 radical (unpaired) electrons. The Kier molecular flexibility index (Phi) is 15.4. The van der Waals surface area contributed by atoms with Gasteiger partial charge in [-0.15, -0.1) is 6.58 Å². The first-order valence-corrected chi connectivity index (χ1v) is 18.3. The van der Waals surface area contributed by atoms with Crippen molar-refractivity contribution in [3.8, 4) is 0 Å². The normalized spacial score (nSPS) is 16.8. The van der Waals surface area contributed by atoms with Crippen molar-refractivity contribution in [2.24, 2.45) is 17.8 Å². The van der Waals surface area contributed by atoms with Crippen LogP contribution < -0.4 is 21.3 Å². The van der Waals surface area contributed by atoms with Gasteiger partial charge in [0.1, 0.15) is 18.1 Å². The molecule has 0 bridgehead atoms. The van der Waals surface area contributed by atoms with Gasteiger partial charge in [-0.25, -0.2) is 9.78 Å². The molecule has 1 fully saturated rings. The highest BCUT2D eigenvalue weighted by Crippen LogP contribution is 2.30. The molecule has 280 valence electrons. The molecule has 0 unspecified atom stereocenters. The van der Waals surface area contributed by atoms with E-state index in [1.807, 2.05) is 36.4 Å². The van der Waals surface area contributed by atoms with Crippen LogP contribution in [0, 0.1) is 17.8 Å². The molecule has 12 heteroatoms. The van der Waals surface area contributed by atoms with E-state index in [4.69, 9.17) is 0 Å². The monoisotopic (exact) mass is 714 g/mol. The van der Waals surface area contributed by atoms with Crippen molar-refractivity contribution in [1.82, 2.24) is 31.2 Å². The molecule has 1 aromatic heterocycles. The summed E-state index contributed by atoms with van der Waals surface area (Å²) >= 11 is 0. The van der Waals surface area contributed by atoms with Crippen molar-refractivity contribution in [1.29, 1.82) is 0 Å². The molecule has 4 amide bonds. The second-order valence-electron chi connectivity index (χ2n) is 14.2. The number of amides is 4. The number of rotatable bonds is 19. The van der Waals surface area contributed by atoms with E-state index in [1.165, 1.54) is 12.7 Å². The molecule has 52 heavy (non-hydrogen) atoms. The summed E-state index contributed by atoms with van der Waals surface area (Å²) in [7, 11) is 0. The average Bonchev–Trinajstić information content (AvgIpc) is 3.66. The number of carboxylic acid groups (broad SMARTS) is 1. The number of imidazole rings is 1. The fourth-order valence-corrected chi connectivity index (χ4v) is 6.94. The van der Waals surface area contributed by atoms with Crippen LogP contribution >= 0.6 is 0 Å². The summed E-state index contributed by atoms with van der Waals surface area (Å²) in [5.74, 6) is -1.15. The highest BCUT2D eigenvalue weighted by molar-refractivity contribution is 5.94. The topological polar surface area (TPSA) is 186 Å². The van der Waals surface area contributed by atoms with Crippen molar-refractivity contribution < 1.29 is 29.4 Å². The molecular formula is C40H54N6O6. The SMILES string of the molecule is C=C[C@H](C[C@H](O)[C@H](CC1CCCCC1)NC(=O)[C@H](Cc1cnc[nH]1)NC(=O)[C@H](Cc1ccccc1)NC(=O)[C@H](NC(=O)O)c1ccccc1)C(C)C. The molecule has 0 saturated heterocycles. The van der Waals surface area contributed by atoms with Gasteiger partial charge in [-0.3, -0.25) is 14.4 Å². The predicted octanol–water partition coefficient (Wildman–Crippen LogP) is 4.84. The Labute approximate surface area is 306 Å². The lowest BCUT2D eigenvalue weighted by molar-refractivity contribution is -0.133. The third kappa shape index (κ3) is 12.4. The number of benzene rings is 2. The van der Waals surface area contributed by atoms with Gasteiger partial charge in [0.25, 0.3) is 0 Å². The Morgan fingerprint density at radius 1 is 0.865 bits per heavy atom. The number of aromatic nitrogens is 2. The van der Waals surface area contributed by atoms with Crippen LogP contribution in [0.15, 0.2) is 85.8 Å². The largest absolute Gasteiger partial charge is 0.465 e. The van der Waals surface area contributed by atoms with Gasteiger partial charge in [-0.2, -0.15) is 0 Å². The Morgan fingerprint density at radius 3 is 2.08 bits per heavy atom. The van der Waals surface area contributed by atoms with Crippen LogP contribution in [0.3, 0.4) is 0 Å². The second kappa shape index (κ2) is 20.2. The summed E-state index contributed by atoms with van der Waals surface area (Å²) < 4.78 is 0. The minimum absolute atomic E-state index is 0.0546. The number of hydrogen-bond acceptors (Lipinski definition) is 6. The predicted molar refractivity (Wildman–Crippen MR) is 199 cm³/mol. The van der Waals surface area contributed by atoms with E-state index in [0.717, 1.165) is 31.2 Å². The summed E-state index contributed by atoms with van der Waals surface area (Å²) in [6.07, 6.45) is 9.35. The van der Waals surface area contributed by atoms with Gasteiger partial charge >= 0.3 is 6.09 Å². The van der Waals surface area contributed by atoms with E-state index in [1.54, 1.807) is 36.5 Å². The van der Waals surface area contributed by atoms with Gasteiger partial charge in [0.2, 0.25) is 17.7 Å². The zero-order valence-corrected chi connectivity index (χ0v) is 30.2. The molecule has 4 rings (SSSR count). The van der Waals surface area contributed by atoms with Crippen molar-refractivity contribution >= 4 is 23.8 Å². The Hall–Kier alpha value is -4.97. The first kappa shape index (κ1) is 39.8. The van der Waals surface area contributed by atoms with Gasteiger partial charge in [-0.05, 0) is 41.7 Å². The summed E-state index contributed by atoms with van der Waals surface area (Å²) in [4.78, 5) is 60.8. The van der Waals surface area contributed by atoms with Crippen molar-refractivity contribution in [2.75, 3.05) is 0 Å². The fourth-order valence-electron chi connectivity index (χ4n) is 6.94. The lowest BCUT2D eigenvalue weighted by Gasteiger charge is -2.33. The molecule has 1 aliphatic carbocycles. The first-order chi connectivity index (χ1) is 25.0. The lowest BCUT2D eigenvalue weighted by Crippen LogP contribution is -2.58. The zero-order chi connectivity index (χ0) is 37.5. The molecule has 0 aliphatic heterocycles. The van der Waals surface area contributed by atoms with Crippen LogP contribution in [0.25, 0.3) is 0 Å². The number of aliphatic hydroxyl groups is 1. The van der Waals surface area contributed by atoms with Gasteiger partial charge in [0.15, 0.2) is 0 Å². The minimum atomic E-state index is -1.40. The van der Waals surface area contributed by atoms with Gasteiger partial charge < -0.3 is 36.5 Å². The number of hydrogen-bond donors (Lipinski definition) is 7. The van der Waals surface area contributed by atoms with Gasteiger partial charge in [0.05, 0.1) is 18.5 Å². The summed E-state index contributed by atoms with van der Waals surface area (Å²) in [5, 5.41) is 32.1. The third-order valence-corrected chi connectivity index (χ3v) is 9.97. The number of nitrogens with one attached hydrogen (secondary N) is 5. The van der Waals surface area contributed by atoms with E-state index in [9.17, 15) is 29.4 Å². The highest BCUT2D eigenvalue weighted by atomic mass is 16.4. The number of nitrogens with zero attached hydrogens (tertiary/aromatic N) is 1. The molecule has 12 nitrogen and oxygen atoms in total. The Balaban J connectivity index is 1.59. The number of carbonyl (C=O) groups excluding carboxylic acids is 3. The molecule has 1 heterocycles. The molecule has 0 spiro atoms. The van der Waals surface area contributed by atoms with Crippen LogP contribution in [0.2, 0.25) is 0 Å². The molecule has 2 aromatic carbocycles. The van der Waals surface area contributed by atoms with E-state index in [-0.39, 0.29) is 24.7 Å². The molecular weight excluding hydrogens is 660 g/mol. The quantitative estimate of drug-likeness (QED) is 0.0867. The van der Waals surface area contributed by atoms with Crippen LogP contribution in [-0.4, -0.2) is 68.2 Å². The highest BCUT2D eigenvalue weighted by Gasteiger charge is 2.34. The standard InChI is InChI=1S/C40H54N6O6/c1-4-29(26(2)3)22-35(47)32(20-27-14-8-5-9-15-27)43-38(49)34(23-31-24-41-25-42-31)44-37(48)33(21-28-16-10-6-11-17-28)45-39(50)36(46-40(51)52)30-18-12-7-13-19-30/h4,6-7,10-13,16-19,24-27,29,32-36,46-47H,1,5,8-9,14-15,20-23H2,2-3H3,(H,41,42)(H,43,49)(H,44,48)(H,45,50)(H,51,52)/t29-,32+,33+,34+,35+,36-/m1/s1. The Bertz CT molecular complexity index is 1560. The van der Waals surface area contributed by atoms with Gasteiger partial charge in [0, 0.05) is 24.7 Å². The second-order valence-corrected chi connectivity index (χ2v) is 14.2. The third-order valence-electron chi connectivity index (χ3n) is 9.97. The number of aliphatic hydroxyl groups excluding tert-OH is 1. The van der Waals surface area contributed by atoms with Crippen LogP contribution in [0.1, 0.15) is 81.7 Å². The van der Waals surface area contributed by atoms with Crippen molar-refractivity contribution in [3.05, 3.63) is 103 Å². The van der Waals surface area contributed by atoms with Crippen molar-refractivity contribution in [3.63, 3.8) is 0 Å². The summed E-state index contributed by atoms with van der Waals surface area (Å²) in [6.45, 7) is 8.12. The fraction of sp³-hybridized carbons (Fsp3) is 0.475. The molecule has 7 N–H and O–H groups in total. The summed E-state index contributed by atoms with van der Waals surface area (Å²) in [5.41, 5.74) is 1.75. The van der Waals surface area contributed by atoms with E-state index in [0.29, 0.717) is 30.0 Å². The lowest BCUT2D eigenvalue weighted by atomic mass is 9.81. The molecule has 1 saturated carbocycles. The number of allylic oxidation sites excluding steroid dienone is 1. The zero-order valence-electron chi connectivity index (χ0n) is 30.2. The number of carbonyl (C=O) groups is 4. The molecule has 3 aromatic rings. The van der Waals surface area contributed by atoms with Crippen LogP contribution in [0.4, 0.5) is 4.79 Å². The van der Waals surface area contributed by atoms with E-state index in [2.05, 4.69) is 51.7 Å². The molecule has 6 atom stereocenters. The smallest absolute Gasteiger partial charge is 0.405 e. The number of aromatic amines is 1. The van der Waals surface area contributed by atoms with Crippen LogP contribution in [-0.2, 0) is 27.2 Å². The maximum absolute atomic E-state index is 14.2. The summed E-state index contributed by atoms with van der Waals surface area (Å²) in [6, 6.07) is 13.3. The van der Waals surface area contributed by atoms with Gasteiger partial charge in [-0.1, -0.05) is 113 Å². The minimum Gasteiger partial charge on any atom is -0.465 e. The maximum atomic E-state index is 14.2. The van der Waals surface area contributed by atoms with E-state index >= 15 is 0 Å². The molecule has 1 aliphatic rings. The number of H-pyrrole nitrogens is 1. The average molecular weight is 715 g/mol. The Morgan fingerprint density at radius 2 is 1.48 bits per heavy atom.